The molecule has 1 fully saturated rings. The number of aryl methyl sites for hydroxylation is 2. The Hall–Kier alpha value is -3.18. The van der Waals surface area contributed by atoms with E-state index < -0.39 is 0 Å². The highest BCUT2D eigenvalue weighted by atomic mass is 32.1. The maximum absolute atomic E-state index is 12.2. The minimum Gasteiger partial charge on any atom is -0.370 e. The van der Waals surface area contributed by atoms with Crippen LogP contribution in [0.25, 0.3) is 0 Å². The Balaban J connectivity index is 1.64. The molecule has 0 unspecified atom stereocenters. The highest BCUT2D eigenvalue weighted by molar-refractivity contribution is 7.15. The van der Waals surface area contributed by atoms with E-state index in [9.17, 15) is 9.59 Å². The Morgan fingerprint density at radius 3 is 2.36 bits per heavy atom. The molecule has 2 heterocycles. The third-order valence-corrected chi connectivity index (χ3v) is 6.34. The zero-order chi connectivity index (χ0) is 24.0. The molecule has 10 nitrogen and oxygen atoms in total. The number of rotatable bonds is 7. The molecule has 1 aliphatic heterocycles. The first-order valence-corrected chi connectivity index (χ1v) is 11.7. The van der Waals surface area contributed by atoms with Crippen LogP contribution in [0.1, 0.15) is 23.1 Å². The summed E-state index contributed by atoms with van der Waals surface area (Å²) in [5.74, 6) is -0.224. The van der Waals surface area contributed by atoms with Crippen molar-refractivity contribution in [1.29, 1.82) is 5.41 Å². The molecule has 3 rings (SSSR count). The van der Waals surface area contributed by atoms with Crippen LogP contribution in [0.5, 0.6) is 0 Å². The Bertz CT molecular complexity index is 981. The van der Waals surface area contributed by atoms with Gasteiger partial charge in [-0.3, -0.25) is 15.1 Å². The smallest absolute Gasteiger partial charge is 0.319 e. The van der Waals surface area contributed by atoms with Gasteiger partial charge < -0.3 is 26.2 Å². The molecule has 178 valence electrons. The van der Waals surface area contributed by atoms with Crippen molar-refractivity contribution in [2.24, 2.45) is 5.73 Å². The highest BCUT2D eigenvalue weighted by Crippen LogP contribution is 2.26. The van der Waals surface area contributed by atoms with Crippen LogP contribution in [0.2, 0.25) is 0 Å². The summed E-state index contributed by atoms with van der Waals surface area (Å²) in [6.45, 7) is 5.24. The molecule has 0 spiro atoms. The van der Waals surface area contributed by atoms with Gasteiger partial charge in [0.25, 0.3) is 0 Å². The summed E-state index contributed by atoms with van der Waals surface area (Å²) in [6, 6.07) is 7.86. The van der Waals surface area contributed by atoms with E-state index in [1.807, 2.05) is 29.2 Å². The Kier molecular flexibility index (Phi) is 8.23. The van der Waals surface area contributed by atoms with Crippen LogP contribution in [-0.2, 0) is 24.2 Å². The summed E-state index contributed by atoms with van der Waals surface area (Å²) in [6.07, 6.45) is 1.56. The van der Waals surface area contributed by atoms with Gasteiger partial charge in [-0.2, -0.15) is 0 Å². The van der Waals surface area contributed by atoms with Crippen molar-refractivity contribution >= 4 is 40.1 Å². The monoisotopic (exact) mass is 472 g/mol. The van der Waals surface area contributed by atoms with E-state index in [2.05, 4.69) is 20.5 Å². The van der Waals surface area contributed by atoms with Gasteiger partial charge in [0, 0.05) is 64.3 Å². The lowest BCUT2D eigenvalue weighted by Gasteiger charge is -2.35. The number of carbonyl (C=O) groups is 2. The van der Waals surface area contributed by atoms with Crippen molar-refractivity contribution in [2.75, 3.05) is 50.9 Å². The van der Waals surface area contributed by atoms with Crippen LogP contribution >= 0.6 is 11.3 Å². The molecule has 1 aliphatic rings. The number of urea groups is 1. The van der Waals surface area contributed by atoms with E-state index in [0.29, 0.717) is 18.2 Å². The SMILES string of the molecule is CC(=O)Nc1nc(CCc2ccc(NC(=N)N)cc2)c(CN2CCN(C(=O)N(C)C)CC2)s1. The number of hydrogen-bond donors (Lipinski definition) is 4. The fourth-order valence-electron chi connectivity index (χ4n) is 3.66. The van der Waals surface area contributed by atoms with Crippen LogP contribution < -0.4 is 16.4 Å². The number of amides is 3. The van der Waals surface area contributed by atoms with E-state index in [0.717, 1.165) is 54.3 Å². The van der Waals surface area contributed by atoms with E-state index in [1.165, 1.54) is 18.3 Å². The predicted molar refractivity (Wildman–Crippen MR) is 132 cm³/mol. The fraction of sp³-hybridized carbons (Fsp3) is 0.455. The first-order chi connectivity index (χ1) is 15.7. The number of guanidine groups is 1. The molecule has 2 aromatic rings. The summed E-state index contributed by atoms with van der Waals surface area (Å²) < 4.78 is 0. The van der Waals surface area contributed by atoms with E-state index in [4.69, 9.17) is 11.1 Å². The van der Waals surface area contributed by atoms with Crippen molar-refractivity contribution < 1.29 is 9.59 Å². The average molecular weight is 473 g/mol. The maximum atomic E-state index is 12.2. The van der Waals surface area contributed by atoms with Gasteiger partial charge in [-0.05, 0) is 30.5 Å². The summed E-state index contributed by atoms with van der Waals surface area (Å²) in [5.41, 5.74) is 8.29. The molecule has 0 atom stereocenters. The fourth-order valence-corrected chi connectivity index (χ4v) is 4.76. The second-order valence-corrected chi connectivity index (χ2v) is 9.33. The number of nitrogens with two attached hydrogens (primary N) is 1. The third kappa shape index (κ3) is 7.16. The number of aromatic nitrogens is 1. The molecule has 0 bridgehead atoms. The summed E-state index contributed by atoms with van der Waals surface area (Å²) in [4.78, 5) is 35.4. The Labute approximate surface area is 198 Å². The van der Waals surface area contributed by atoms with Gasteiger partial charge in [0.1, 0.15) is 0 Å². The minimum absolute atomic E-state index is 0.0468. The lowest BCUT2D eigenvalue weighted by atomic mass is 10.1. The molecular weight excluding hydrogens is 440 g/mol. The molecule has 0 saturated carbocycles. The maximum Gasteiger partial charge on any atom is 0.319 e. The average Bonchev–Trinajstić information content (AvgIpc) is 3.13. The number of nitrogens with one attached hydrogen (secondary N) is 3. The second kappa shape index (κ2) is 11.1. The van der Waals surface area contributed by atoms with Crippen molar-refractivity contribution in [3.05, 3.63) is 40.4 Å². The molecule has 1 aromatic heterocycles. The van der Waals surface area contributed by atoms with Crippen LogP contribution in [0.4, 0.5) is 15.6 Å². The number of thiazole rings is 1. The topological polar surface area (TPSA) is 131 Å². The lowest BCUT2D eigenvalue weighted by molar-refractivity contribution is -0.114. The number of carbonyl (C=O) groups excluding carboxylic acids is 2. The molecular formula is C22H32N8O2S. The quantitative estimate of drug-likeness (QED) is 0.360. The van der Waals surface area contributed by atoms with Gasteiger partial charge in [-0.15, -0.1) is 11.3 Å². The van der Waals surface area contributed by atoms with Gasteiger partial charge >= 0.3 is 6.03 Å². The molecule has 0 aliphatic carbocycles. The predicted octanol–water partition coefficient (Wildman–Crippen LogP) is 1.99. The third-order valence-electron chi connectivity index (χ3n) is 5.34. The molecule has 1 aromatic carbocycles. The first-order valence-electron chi connectivity index (χ1n) is 10.9. The summed E-state index contributed by atoms with van der Waals surface area (Å²) in [5, 5.41) is 13.5. The van der Waals surface area contributed by atoms with Gasteiger partial charge in [0.05, 0.1) is 5.69 Å². The molecule has 11 heteroatoms. The van der Waals surface area contributed by atoms with Crippen LogP contribution in [0.3, 0.4) is 0 Å². The zero-order valence-corrected chi connectivity index (χ0v) is 20.2. The minimum atomic E-state index is -0.133. The number of hydrogen-bond acceptors (Lipinski definition) is 6. The van der Waals surface area contributed by atoms with E-state index in [1.54, 1.807) is 19.0 Å². The van der Waals surface area contributed by atoms with Crippen LogP contribution in [0, 0.1) is 5.41 Å². The van der Waals surface area contributed by atoms with E-state index >= 15 is 0 Å². The zero-order valence-electron chi connectivity index (χ0n) is 19.4. The molecule has 1 saturated heterocycles. The largest absolute Gasteiger partial charge is 0.370 e. The standard InChI is InChI=1S/C22H32N8O2S/c1-15(31)25-21-27-18(9-6-16-4-7-17(8-5-16)26-20(23)24)19(33-21)14-29-10-12-30(13-11-29)22(32)28(2)3/h4-5,7-8H,6,9-14H2,1-3H3,(H4,23,24,26)(H,25,27,31). The highest BCUT2D eigenvalue weighted by Gasteiger charge is 2.23. The number of piperazine rings is 1. The summed E-state index contributed by atoms with van der Waals surface area (Å²) >= 11 is 1.52. The number of anilines is 2. The Morgan fingerprint density at radius 2 is 1.79 bits per heavy atom. The molecule has 0 radical (unpaired) electrons. The van der Waals surface area contributed by atoms with Crippen LogP contribution in [0.15, 0.2) is 24.3 Å². The van der Waals surface area contributed by atoms with Crippen LogP contribution in [-0.4, -0.2) is 77.9 Å². The van der Waals surface area contributed by atoms with Crippen molar-refractivity contribution in [1.82, 2.24) is 19.7 Å². The van der Waals surface area contributed by atoms with Gasteiger partial charge in [0.15, 0.2) is 11.1 Å². The second-order valence-electron chi connectivity index (χ2n) is 8.25. The van der Waals surface area contributed by atoms with Crippen molar-refractivity contribution in [2.45, 2.75) is 26.3 Å². The van der Waals surface area contributed by atoms with Gasteiger partial charge in [0.2, 0.25) is 5.91 Å². The normalized spacial score (nSPS) is 14.1. The van der Waals surface area contributed by atoms with Gasteiger partial charge in [-0.25, -0.2) is 9.78 Å². The van der Waals surface area contributed by atoms with Gasteiger partial charge in [-0.1, -0.05) is 12.1 Å². The Morgan fingerprint density at radius 1 is 1.12 bits per heavy atom. The van der Waals surface area contributed by atoms with Crippen molar-refractivity contribution in [3.63, 3.8) is 0 Å². The molecule has 33 heavy (non-hydrogen) atoms. The van der Waals surface area contributed by atoms with E-state index in [-0.39, 0.29) is 17.9 Å². The van der Waals surface area contributed by atoms with Crippen molar-refractivity contribution in [3.8, 4) is 0 Å². The number of benzene rings is 1. The number of nitrogens with zero attached hydrogens (tertiary/aromatic N) is 4. The molecule has 5 N–H and O–H groups in total. The first kappa shape index (κ1) is 24.5. The summed E-state index contributed by atoms with van der Waals surface area (Å²) in [7, 11) is 3.55. The lowest BCUT2D eigenvalue weighted by Crippen LogP contribution is -2.51. The molecule has 3 amide bonds.